The van der Waals surface area contributed by atoms with Crippen molar-refractivity contribution >= 4 is 23.5 Å². The molecule has 32 heavy (non-hydrogen) atoms. The van der Waals surface area contributed by atoms with Crippen molar-refractivity contribution < 1.29 is 19.1 Å². The maximum atomic E-state index is 12.8. The summed E-state index contributed by atoms with van der Waals surface area (Å²) in [5.74, 6) is 0.361. The smallest absolute Gasteiger partial charge is 0.277 e. The van der Waals surface area contributed by atoms with Gasteiger partial charge in [-0.2, -0.15) is 0 Å². The van der Waals surface area contributed by atoms with Crippen LogP contribution >= 0.6 is 0 Å². The molecule has 2 aromatic heterocycles. The molecule has 3 aliphatic rings. The number of nitrogens with zero attached hydrogens (tertiary/aromatic N) is 4. The Balaban J connectivity index is 1.24. The summed E-state index contributed by atoms with van der Waals surface area (Å²) in [5.41, 5.74) is 2.51. The number of hydrogen-bond donors (Lipinski definition) is 1. The molecule has 0 bridgehead atoms. The Morgan fingerprint density at radius 2 is 1.97 bits per heavy atom. The van der Waals surface area contributed by atoms with Crippen molar-refractivity contribution in [3.05, 3.63) is 47.9 Å². The number of nitrogens with one attached hydrogen (secondary N) is 1. The third-order valence-corrected chi connectivity index (χ3v) is 5.90. The maximum Gasteiger partial charge on any atom is 0.277 e. The molecule has 2 aromatic rings. The first-order valence-electron chi connectivity index (χ1n) is 10.7. The molecular weight excluding hydrogens is 410 g/mol. The van der Waals surface area contributed by atoms with Crippen molar-refractivity contribution in [3.8, 4) is 17.0 Å². The second-order valence-electron chi connectivity index (χ2n) is 8.13. The van der Waals surface area contributed by atoms with E-state index in [0.29, 0.717) is 35.8 Å². The van der Waals surface area contributed by atoms with Crippen LogP contribution in [0, 0.1) is 0 Å². The number of aromatic nitrogens is 2. The van der Waals surface area contributed by atoms with Crippen LogP contribution in [0.1, 0.15) is 25.7 Å². The standard InChI is InChI=1S/C23H23N5O4/c1-32-16-7-8-18(24-12-16)14-4-9-19(25-11-14)26-20(29)13-27-10-2-3-17-21(27)23(31)28(22(17)30)15-5-6-15/h4,7-9,11-12,15H,2-3,5-6,10,13H2,1H3,(H,25,26,29). The van der Waals surface area contributed by atoms with E-state index in [1.165, 1.54) is 4.90 Å². The summed E-state index contributed by atoms with van der Waals surface area (Å²) in [6.07, 6.45) is 6.33. The molecule has 0 atom stereocenters. The van der Waals surface area contributed by atoms with Crippen molar-refractivity contribution in [1.82, 2.24) is 19.8 Å². The SMILES string of the molecule is COc1ccc(-c2ccc(NC(=O)CN3CCCC4=C3C(=O)N(C3CC3)C4=O)nc2)nc1. The highest BCUT2D eigenvalue weighted by Crippen LogP contribution is 2.38. The van der Waals surface area contributed by atoms with E-state index >= 15 is 0 Å². The molecule has 0 unspecified atom stereocenters. The molecule has 9 nitrogen and oxygen atoms in total. The molecule has 2 aliphatic heterocycles. The normalized spacial score (nSPS) is 18.2. The van der Waals surface area contributed by atoms with E-state index in [-0.39, 0.29) is 30.3 Å². The highest BCUT2D eigenvalue weighted by atomic mass is 16.5. The van der Waals surface area contributed by atoms with Gasteiger partial charge in [-0.05, 0) is 49.9 Å². The minimum atomic E-state index is -0.285. The number of ether oxygens (including phenoxy) is 1. The average molecular weight is 433 g/mol. The number of carbonyl (C=O) groups excluding carboxylic acids is 3. The molecule has 1 fully saturated rings. The van der Waals surface area contributed by atoms with Crippen LogP contribution in [0.2, 0.25) is 0 Å². The van der Waals surface area contributed by atoms with E-state index in [1.54, 1.807) is 30.5 Å². The van der Waals surface area contributed by atoms with Crippen LogP contribution in [0.25, 0.3) is 11.3 Å². The van der Waals surface area contributed by atoms with Crippen LogP contribution in [-0.4, -0.2) is 63.7 Å². The molecule has 164 valence electrons. The molecule has 0 aromatic carbocycles. The Bertz CT molecular complexity index is 1110. The van der Waals surface area contributed by atoms with Crippen LogP contribution in [-0.2, 0) is 14.4 Å². The lowest BCUT2D eigenvalue weighted by atomic mass is 10.0. The van der Waals surface area contributed by atoms with Gasteiger partial charge < -0.3 is 15.0 Å². The minimum absolute atomic E-state index is 0.000172. The quantitative estimate of drug-likeness (QED) is 0.695. The van der Waals surface area contributed by atoms with Gasteiger partial charge in [0.25, 0.3) is 11.8 Å². The number of imide groups is 1. The molecule has 9 heteroatoms. The third-order valence-electron chi connectivity index (χ3n) is 5.90. The average Bonchev–Trinajstić information content (AvgIpc) is 3.60. The van der Waals surface area contributed by atoms with Gasteiger partial charge in [0.2, 0.25) is 5.91 Å². The first-order chi connectivity index (χ1) is 15.5. The van der Waals surface area contributed by atoms with Crippen molar-refractivity contribution in [3.63, 3.8) is 0 Å². The zero-order valence-corrected chi connectivity index (χ0v) is 17.7. The number of hydrogen-bond acceptors (Lipinski definition) is 7. The van der Waals surface area contributed by atoms with Gasteiger partial charge in [-0.1, -0.05) is 0 Å². The minimum Gasteiger partial charge on any atom is -0.495 e. The summed E-state index contributed by atoms with van der Waals surface area (Å²) in [4.78, 5) is 49.9. The van der Waals surface area contributed by atoms with E-state index in [9.17, 15) is 14.4 Å². The van der Waals surface area contributed by atoms with Crippen molar-refractivity contribution in [1.29, 1.82) is 0 Å². The van der Waals surface area contributed by atoms with Gasteiger partial charge in [0.1, 0.15) is 17.3 Å². The Kier molecular flexibility index (Phi) is 5.08. The van der Waals surface area contributed by atoms with Crippen LogP contribution in [0.3, 0.4) is 0 Å². The lowest BCUT2D eigenvalue weighted by Crippen LogP contribution is -2.40. The van der Waals surface area contributed by atoms with E-state index < -0.39 is 0 Å². The second-order valence-corrected chi connectivity index (χ2v) is 8.13. The van der Waals surface area contributed by atoms with Crippen molar-refractivity contribution in [2.75, 3.05) is 25.5 Å². The molecule has 1 saturated carbocycles. The number of amides is 3. The van der Waals surface area contributed by atoms with Gasteiger partial charge in [-0.25, -0.2) is 4.98 Å². The maximum absolute atomic E-state index is 12.8. The fourth-order valence-electron chi connectivity index (χ4n) is 4.16. The molecular formula is C23H23N5O4. The van der Waals surface area contributed by atoms with E-state index in [2.05, 4.69) is 15.3 Å². The summed E-state index contributed by atoms with van der Waals surface area (Å²) in [5, 5.41) is 2.77. The van der Waals surface area contributed by atoms with Crippen LogP contribution < -0.4 is 10.1 Å². The molecule has 0 radical (unpaired) electrons. The van der Waals surface area contributed by atoms with E-state index in [0.717, 1.165) is 30.5 Å². The topological polar surface area (TPSA) is 105 Å². The number of carbonyl (C=O) groups is 3. The molecule has 1 N–H and O–H groups in total. The highest BCUT2D eigenvalue weighted by Gasteiger charge is 2.48. The van der Waals surface area contributed by atoms with Gasteiger partial charge in [-0.15, -0.1) is 0 Å². The summed E-state index contributed by atoms with van der Waals surface area (Å²) >= 11 is 0. The van der Waals surface area contributed by atoms with Gasteiger partial charge in [0, 0.05) is 29.9 Å². The highest BCUT2D eigenvalue weighted by molar-refractivity contribution is 6.19. The Hall–Kier alpha value is -3.75. The third kappa shape index (κ3) is 3.70. The lowest BCUT2D eigenvalue weighted by Gasteiger charge is -2.28. The summed E-state index contributed by atoms with van der Waals surface area (Å²) in [7, 11) is 1.58. The van der Waals surface area contributed by atoms with Gasteiger partial charge in [-0.3, -0.25) is 24.3 Å². The lowest BCUT2D eigenvalue weighted by molar-refractivity contribution is -0.138. The predicted molar refractivity (Wildman–Crippen MR) is 115 cm³/mol. The molecule has 4 heterocycles. The van der Waals surface area contributed by atoms with Crippen LogP contribution in [0.5, 0.6) is 5.75 Å². The molecule has 0 saturated heterocycles. The first-order valence-corrected chi connectivity index (χ1v) is 10.7. The fraction of sp³-hybridized carbons (Fsp3) is 0.348. The zero-order chi connectivity index (χ0) is 22.2. The summed E-state index contributed by atoms with van der Waals surface area (Å²) in [6.45, 7) is 0.569. The summed E-state index contributed by atoms with van der Waals surface area (Å²) < 4.78 is 5.11. The molecule has 0 spiro atoms. The number of anilines is 1. The largest absolute Gasteiger partial charge is 0.495 e. The first kappa shape index (κ1) is 20.2. The van der Waals surface area contributed by atoms with Crippen LogP contribution in [0.4, 0.5) is 5.82 Å². The Morgan fingerprint density at radius 3 is 2.62 bits per heavy atom. The van der Waals surface area contributed by atoms with Gasteiger partial charge >= 0.3 is 0 Å². The second kappa shape index (κ2) is 8.07. The van der Waals surface area contributed by atoms with Gasteiger partial charge in [0.15, 0.2) is 0 Å². The van der Waals surface area contributed by atoms with Crippen molar-refractivity contribution in [2.45, 2.75) is 31.7 Å². The van der Waals surface area contributed by atoms with E-state index in [4.69, 9.17) is 4.74 Å². The Morgan fingerprint density at radius 1 is 1.12 bits per heavy atom. The predicted octanol–water partition coefficient (Wildman–Crippen LogP) is 1.97. The number of rotatable bonds is 6. The molecule has 5 rings (SSSR count). The van der Waals surface area contributed by atoms with E-state index in [1.807, 2.05) is 18.2 Å². The zero-order valence-electron chi connectivity index (χ0n) is 17.7. The van der Waals surface area contributed by atoms with Crippen molar-refractivity contribution in [2.24, 2.45) is 0 Å². The summed E-state index contributed by atoms with van der Waals surface area (Å²) in [6, 6.07) is 7.21. The number of methoxy groups -OCH3 is 1. The number of pyridine rings is 2. The van der Waals surface area contributed by atoms with Gasteiger partial charge in [0.05, 0.1) is 25.5 Å². The molecule has 3 amide bonds. The fourth-order valence-corrected chi connectivity index (χ4v) is 4.16. The van der Waals surface area contributed by atoms with Crippen LogP contribution in [0.15, 0.2) is 47.9 Å². The Labute approximate surface area is 185 Å². The monoisotopic (exact) mass is 433 g/mol. The molecule has 1 aliphatic carbocycles.